The van der Waals surface area contributed by atoms with E-state index >= 15 is 0 Å². The number of anilines is 1. The maximum Gasteiger partial charge on any atom is 0.269 e. The van der Waals surface area contributed by atoms with Gasteiger partial charge in [0.05, 0.1) is 4.92 Å². The molecule has 0 radical (unpaired) electrons. The molecule has 12 aromatic rings. The van der Waals surface area contributed by atoms with Crippen molar-refractivity contribution in [3.8, 4) is 5.75 Å². The fourth-order valence-corrected chi connectivity index (χ4v) is 19.6. The van der Waals surface area contributed by atoms with Crippen LogP contribution in [0.5, 0.6) is 5.75 Å². The summed E-state index contributed by atoms with van der Waals surface area (Å²) in [6.07, 6.45) is 17.6. The zero-order valence-electron chi connectivity index (χ0n) is 79.3. The smallest absolute Gasteiger partial charge is 0.269 e. The SMILES string of the molecule is C=C(C)N1CCC(c2ccc(/C(=C(/CCCO)c3ccccc3)c3ccc(O)cc3)cc2)CC1.CC(C)N1CCN(c2ccc(/C(=C(/CCCO)c3ccccc3)c3ccc([N+](=O)[O-])cc3)cc2)CC1.Cc1ccc(/C(=C(\CCCO)c2ccccc2)c2ccc(C3CCCCC3)cc2)cc1.Cc1ccc(/C(=C(\CCCO)c2ccccc2)c2ccc(C3CCN(C)CC3)cc2)cc1. The summed E-state index contributed by atoms with van der Waals surface area (Å²) in [5, 5.41) is 59.5. The molecule has 0 unspecified atom stereocenters. The standard InChI is InChI=1S/C31H35NO2.C30H35N3O3.C30H35NO.C30H34O/c1-23(2)32-20-18-25(19-21-32)24-10-12-27(13-11-24)31(28-14-16-29(34)17-15-28)30(9-6-22-33)26-7-4-3-5-8-26;1-23(2)31-18-20-32(21-19-31)27-14-10-25(11-15-27)30(26-12-16-28(17-13-26)33(35)36)29(9-6-22-34)24-7-4-3-5-8-24;1-23-10-12-27(13-11-23)30(29(9-6-22-32)26-7-4-3-5-8-26)28-16-14-24(15-17-28)25-18-20-31(2)21-19-25;1-23-14-16-27(17-15-23)30(29(13-8-22-31)26-11-6-3-7-12-26)28-20-18-25(19-21-28)24-9-4-2-5-10-24/h3-5,7-8,10-17,25,33-34H,1,6,9,18-22H2,2H3;3-5,7-8,10-17,23,34H,6,9,18-22H2,1-2H3;3-5,7-8,10-17,25,32H,6,9,18-22H2,1-2H3;3,6-7,11-12,14-21,24,31H,2,4-5,8-10,13,22H2,1H3/b31-30+;30-29+;2*30-29-. The number of rotatable bonds is 31. The summed E-state index contributed by atoms with van der Waals surface area (Å²) in [5.41, 5.74) is 33.0. The Morgan fingerprint density at radius 2 is 0.632 bits per heavy atom. The highest BCUT2D eigenvalue weighted by Gasteiger charge is 2.27. The van der Waals surface area contributed by atoms with Crippen LogP contribution >= 0.6 is 0 Å². The van der Waals surface area contributed by atoms with Gasteiger partial charge in [0, 0.05) is 95.3 Å². The van der Waals surface area contributed by atoms with E-state index in [1.165, 1.54) is 153 Å². The summed E-state index contributed by atoms with van der Waals surface area (Å²) >= 11 is 0. The third kappa shape index (κ3) is 27.6. The Kier molecular flexibility index (Phi) is 37.5. The Morgan fingerprint density at radius 1 is 0.353 bits per heavy atom. The van der Waals surface area contributed by atoms with Gasteiger partial charge in [0.1, 0.15) is 5.75 Å². The van der Waals surface area contributed by atoms with Gasteiger partial charge in [-0.2, -0.15) is 0 Å². The summed E-state index contributed by atoms with van der Waals surface area (Å²) in [5.74, 6) is 2.22. The first-order valence-corrected chi connectivity index (χ1v) is 48.7. The van der Waals surface area contributed by atoms with Gasteiger partial charge >= 0.3 is 0 Å². The molecule has 12 aromatic carbocycles. The van der Waals surface area contributed by atoms with E-state index in [2.05, 4.69) is 310 Å². The number of aliphatic hydroxyl groups is 4. The second-order valence-electron chi connectivity index (χ2n) is 36.7. The van der Waals surface area contributed by atoms with Gasteiger partial charge in [0.2, 0.25) is 0 Å². The molecule has 3 heterocycles. The molecule has 3 saturated heterocycles. The fourth-order valence-electron chi connectivity index (χ4n) is 19.6. The van der Waals surface area contributed by atoms with Crippen molar-refractivity contribution in [2.24, 2.45) is 0 Å². The lowest BCUT2D eigenvalue weighted by Gasteiger charge is -2.38. The summed E-state index contributed by atoms with van der Waals surface area (Å²) < 4.78 is 0. The molecule has 0 atom stereocenters. The molecule has 0 spiro atoms. The first-order valence-electron chi connectivity index (χ1n) is 48.7. The van der Waals surface area contributed by atoms with Gasteiger partial charge in [0.25, 0.3) is 5.69 Å². The summed E-state index contributed by atoms with van der Waals surface area (Å²) in [6.45, 7) is 24.3. The average molecular weight is 1780 g/mol. The molecular weight excluding hydrogens is 1640 g/mol. The number of phenolic OH excluding ortho intramolecular Hbond substituents is 1. The van der Waals surface area contributed by atoms with Gasteiger partial charge < -0.3 is 40.2 Å². The maximum atomic E-state index is 11.3. The summed E-state index contributed by atoms with van der Waals surface area (Å²) in [7, 11) is 2.22. The molecular formula is C121H139N5O7. The van der Waals surface area contributed by atoms with Gasteiger partial charge in [-0.05, 0) is 327 Å². The van der Waals surface area contributed by atoms with Crippen LogP contribution in [-0.4, -0.2) is 137 Å². The fraction of sp³-hybridized carbons (Fsp3) is 0.322. The van der Waals surface area contributed by atoms with Crippen LogP contribution in [0.3, 0.4) is 0 Å². The molecule has 4 fully saturated rings. The van der Waals surface area contributed by atoms with E-state index in [1.54, 1.807) is 24.3 Å². The zero-order chi connectivity index (χ0) is 93.2. The maximum absolute atomic E-state index is 11.3. The van der Waals surface area contributed by atoms with E-state index < -0.39 is 0 Å². The van der Waals surface area contributed by atoms with Gasteiger partial charge in [-0.25, -0.2) is 0 Å². The Hall–Kier alpha value is -12.1. The number of piperidine rings is 2. The molecule has 0 amide bonds. The van der Waals surface area contributed by atoms with Crippen LogP contribution in [0.4, 0.5) is 11.4 Å². The summed E-state index contributed by atoms with van der Waals surface area (Å²) in [6, 6.07) is 111. The molecule has 12 heteroatoms. The first-order chi connectivity index (χ1) is 64.9. The molecule has 12 nitrogen and oxygen atoms in total. The van der Waals surface area contributed by atoms with Crippen LogP contribution in [0.1, 0.15) is 242 Å². The van der Waals surface area contributed by atoms with Crippen LogP contribution in [0, 0.1) is 24.0 Å². The molecule has 1 aliphatic carbocycles. The topological polar surface area (TPSA) is 157 Å². The van der Waals surface area contributed by atoms with Crippen molar-refractivity contribution in [1.29, 1.82) is 0 Å². The predicted octanol–water partition coefficient (Wildman–Crippen LogP) is 27.0. The number of hydrogen-bond acceptors (Lipinski definition) is 11. The number of phenols is 1. The number of nitro groups is 1. The number of aromatic hydroxyl groups is 1. The number of nitro benzene ring substituents is 1. The van der Waals surface area contributed by atoms with E-state index in [0.29, 0.717) is 37.1 Å². The number of allylic oxidation sites excluding steroid dienone is 5. The monoisotopic (exact) mass is 1770 g/mol. The molecule has 1 saturated carbocycles. The molecule has 690 valence electrons. The molecule has 5 N–H and O–H groups in total. The van der Waals surface area contributed by atoms with Crippen LogP contribution in [-0.2, 0) is 0 Å². The normalized spacial score (nSPS) is 15.5. The van der Waals surface area contributed by atoms with Crippen molar-refractivity contribution in [2.45, 2.75) is 168 Å². The minimum Gasteiger partial charge on any atom is -0.508 e. The lowest BCUT2D eigenvalue weighted by molar-refractivity contribution is -0.384. The summed E-state index contributed by atoms with van der Waals surface area (Å²) in [4.78, 5) is 20.6. The lowest BCUT2D eigenvalue weighted by Crippen LogP contribution is -2.48. The molecule has 3 aliphatic heterocycles. The van der Waals surface area contributed by atoms with Crippen LogP contribution < -0.4 is 4.90 Å². The van der Waals surface area contributed by atoms with E-state index in [4.69, 9.17) is 0 Å². The van der Waals surface area contributed by atoms with Crippen LogP contribution in [0.2, 0.25) is 0 Å². The van der Waals surface area contributed by atoms with Crippen molar-refractivity contribution in [2.75, 3.05) is 90.7 Å². The molecule has 4 aliphatic rings. The Labute approximate surface area is 792 Å². The number of aryl methyl sites for hydroxylation is 2. The highest BCUT2D eigenvalue weighted by molar-refractivity contribution is 6.02. The second kappa shape index (κ2) is 50.7. The molecule has 16 rings (SSSR count). The molecule has 0 aromatic heterocycles. The van der Waals surface area contributed by atoms with Crippen LogP contribution in [0.15, 0.2) is 328 Å². The Bertz CT molecular complexity index is 5690. The van der Waals surface area contributed by atoms with E-state index in [1.807, 2.05) is 48.5 Å². The molecule has 0 bridgehead atoms. The largest absolute Gasteiger partial charge is 0.508 e. The molecule has 133 heavy (non-hydrogen) atoms. The van der Waals surface area contributed by atoms with E-state index in [0.717, 1.165) is 146 Å². The number of hydrogen-bond donors (Lipinski definition) is 5. The highest BCUT2D eigenvalue weighted by atomic mass is 16.6. The number of benzene rings is 12. The van der Waals surface area contributed by atoms with Crippen molar-refractivity contribution in [3.63, 3.8) is 0 Å². The third-order valence-electron chi connectivity index (χ3n) is 27.2. The van der Waals surface area contributed by atoms with Gasteiger partial charge in [0.15, 0.2) is 0 Å². The van der Waals surface area contributed by atoms with Crippen molar-refractivity contribution in [1.82, 2.24) is 14.7 Å². The zero-order valence-corrected chi connectivity index (χ0v) is 79.3. The van der Waals surface area contributed by atoms with E-state index in [9.17, 15) is 35.6 Å². The minimum atomic E-state index is -0.370. The Balaban J connectivity index is 0.000000151. The second-order valence-corrected chi connectivity index (χ2v) is 36.7. The van der Waals surface area contributed by atoms with Crippen LogP contribution in [0.25, 0.3) is 44.6 Å². The van der Waals surface area contributed by atoms with Gasteiger partial charge in [-0.15, -0.1) is 0 Å². The number of nitrogens with zero attached hydrogens (tertiary/aromatic N) is 5. The van der Waals surface area contributed by atoms with Gasteiger partial charge in [-0.3, -0.25) is 15.0 Å². The lowest BCUT2D eigenvalue weighted by atomic mass is 9.82. The minimum absolute atomic E-state index is 0.0746. The quantitative estimate of drug-likeness (QED) is 0.0160. The first kappa shape index (κ1) is 98.4. The number of aliphatic hydroxyl groups excluding tert-OH is 4. The van der Waals surface area contributed by atoms with Crippen molar-refractivity contribution >= 4 is 56.0 Å². The average Bonchev–Trinajstić information content (AvgIpc) is 0.804. The number of piperazine rings is 1. The van der Waals surface area contributed by atoms with Crippen molar-refractivity contribution in [3.05, 3.63) is 432 Å². The number of non-ortho nitro benzene ring substituents is 1. The Morgan fingerprint density at radius 3 is 0.925 bits per heavy atom. The van der Waals surface area contributed by atoms with Crippen molar-refractivity contribution < 1.29 is 30.5 Å². The number of likely N-dealkylation sites (tertiary alicyclic amines) is 2. The van der Waals surface area contributed by atoms with E-state index in [-0.39, 0.29) is 42.8 Å². The van der Waals surface area contributed by atoms with Gasteiger partial charge in [-0.1, -0.05) is 304 Å². The predicted molar refractivity (Wildman–Crippen MR) is 557 cm³/mol. The third-order valence-corrected chi connectivity index (χ3v) is 27.2. The highest BCUT2D eigenvalue weighted by Crippen LogP contribution is 2.44.